The van der Waals surface area contributed by atoms with Crippen molar-refractivity contribution in [3.8, 4) is 33.6 Å². The minimum Gasteiger partial charge on any atom is -0.456 e. The molecule has 0 N–H and O–H groups in total. The van der Waals surface area contributed by atoms with Gasteiger partial charge in [0.25, 0.3) is 0 Å². The molecular weight excluding hydrogens is 560 g/mol. The van der Waals surface area contributed by atoms with Crippen LogP contribution >= 0.6 is 0 Å². The summed E-state index contributed by atoms with van der Waals surface area (Å²) in [5.41, 5.74) is 1.50. The second-order valence-electron chi connectivity index (χ2n) is 10.9. The number of furan rings is 2. The third-order valence-electron chi connectivity index (χ3n) is 8.34. The summed E-state index contributed by atoms with van der Waals surface area (Å²) in [6, 6.07) is 9.73. The Balaban J connectivity index is 1.45. The molecule has 0 unspecified atom stereocenters. The van der Waals surface area contributed by atoms with Gasteiger partial charge in [-0.15, -0.1) is 0 Å². The molecule has 46 heavy (non-hydrogen) atoms. The molecule has 0 amide bonds. The van der Waals surface area contributed by atoms with E-state index in [4.69, 9.17) is 21.2 Å². The number of hydrogen-bond acceptors (Lipinski definition) is 2. The van der Waals surface area contributed by atoms with Crippen LogP contribution in [0.3, 0.4) is 0 Å². The van der Waals surface area contributed by atoms with Crippen LogP contribution < -0.4 is 0 Å². The fourth-order valence-corrected chi connectivity index (χ4v) is 6.36. The molecule has 214 valence electrons. The van der Waals surface area contributed by atoms with Crippen molar-refractivity contribution in [2.45, 2.75) is 0 Å². The van der Waals surface area contributed by atoms with Crippen molar-refractivity contribution < 1.29 is 29.4 Å². The Hall–Kier alpha value is -6.12. The van der Waals surface area contributed by atoms with E-state index in [1.807, 2.05) is 42.5 Å². The second-order valence-corrected chi connectivity index (χ2v) is 10.9. The molecule has 0 aliphatic heterocycles. The van der Waals surface area contributed by atoms with E-state index in [2.05, 4.69) is 0 Å². The van der Waals surface area contributed by atoms with Crippen LogP contribution in [0.15, 0.2) is 166 Å². The van der Waals surface area contributed by atoms with Gasteiger partial charge in [-0.3, -0.25) is 0 Å². The van der Waals surface area contributed by atoms with Crippen molar-refractivity contribution in [3.63, 3.8) is 0 Å². The lowest BCUT2D eigenvalue weighted by atomic mass is 9.84. The zero-order valence-electron chi connectivity index (χ0n) is 38.7. The first-order chi connectivity index (χ1) is 29.0. The highest BCUT2D eigenvalue weighted by Crippen LogP contribution is 2.47. The van der Waals surface area contributed by atoms with Crippen LogP contribution in [0.1, 0.15) is 20.6 Å². The van der Waals surface area contributed by atoms with E-state index < -0.39 is 107 Å². The summed E-state index contributed by atoms with van der Waals surface area (Å²) in [6.07, 6.45) is 0. The summed E-state index contributed by atoms with van der Waals surface area (Å²) < 4.78 is 147. The van der Waals surface area contributed by atoms with Gasteiger partial charge in [0.15, 0.2) is 0 Å². The predicted octanol–water partition coefficient (Wildman–Crippen LogP) is 12.8. The fourth-order valence-electron chi connectivity index (χ4n) is 6.36. The van der Waals surface area contributed by atoms with Crippen LogP contribution in [0.2, 0.25) is 0 Å². The van der Waals surface area contributed by atoms with Gasteiger partial charge in [-0.25, -0.2) is 0 Å². The minimum absolute atomic E-state index is 0.00909. The monoisotopic (exact) mass is 601 g/mol. The van der Waals surface area contributed by atoms with Gasteiger partial charge in [-0.05, 0) is 78.8 Å². The lowest BCUT2D eigenvalue weighted by molar-refractivity contribution is 0.628. The Kier molecular flexibility index (Phi) is 3.11. The normalized spacial score (nSPS) is 16.5. The maximum atomic E-state index is 9.47. The average molecular weight is 602 g/mol. The molecule has 2 aromatic heterocycles. The highest BCUT2D eigenvalue weighted by molar-refractivity contribution is 6.26. The molecule has 0 spiro atoms. The summed E-state index contributed by atoms with van der Waals surface area (Å²) in [6.45, 7) is 0. The largest absolute Gasteiger partial charge is 0.456 e. The van der Waals surface area contributed by atoms with Gasteiger partial charge in [0, 0.05) is 27.8 Å². The molecule has 2 nitrogen and oxygen atoms in total. The molecule has 0 aliphatic rings. The SMILES string of the molecule is [2H]c1c([2H])c([2H])c2c([2H])c(-c3c4c([2H])c([2H])c([2H])c([2H])c4c(-c4cccc5oc6cc7oc(-c8ccccc8)cc7cc6c45)c4c([2H])c([2H])c([2H])c([2H])c34)c([2H])c([2H])c2c1[2H]. The summed E-state index contributed by atoms with van der Waals surface area (Å²) in [5.74, 6) is 0.606. The molecule has 2 heteroatoms. The third kappa shape index (κ3) is 3.71. The Labute approximate surface area is 285 Å². The molecule has 10 rings (SSSR count). The van der Waals surface area contributed by atoms with Crippen LogP contribution in [0.5, 0.6) is 0 Å². The maximum Gasteiger partial charge on any atom is 0.139 e. The molecule has 0 aliphatic carbocycles. The predicted molar refractivity (Wildman–Crippen MR) is 192 cm³/mol. The maximum absolute atomic E-state index is 9.47. The van der Waals surface area contributed by atoms with Crippen molar-refractivity contribution >= 4 is 65.2 Å². The molecular formula is C44H26O2. The second kappa shape index (κ2) is 9.69. The van der Waals surface area contributed by atoms with Gasteiger partial charge in [0.05, 0.1) is 20.6 Å². The molecule has 0 fully saturated rings. The number of rotatable bonds is 3. The van der Waals surface area contributed by atoms with Crippen molar-refractivity contribution in [1.82, 2.24) is 0 Å². The van der Waals surface area contributed by atoms with E-state index in [-0.39, 0.29) is 38.2 Å². The van der Waals surface area contributed by atoms with Crippen molar-refractivity contribution in [2.24, 2.45) is 0 Å². The van der Waals surface area contributed by atoms with Gasteiger partial charge >= 0.3 is 0 Å². The summed E-state index contributed by atoms with van der Waals surface area (Å²) in [4.78, 5) is 0. The van der Waals surface area contributed by atoms with E-state index in [0.717, 1.165) is 5.56 Å². The van der Waals surface area contributed by atoms with E-state index in [1.54, 1.807) is 24.3 Å². The van der Waals surface area contributed by atoms with E-state index >= 15 is 0 Å². The average Bonchev–Trinajstić information content (AvgIpc) is 3.85. The molecule has 10 aromatic rings. The zero-order valence-corrected chi connectivity index (χ0v) is 23.7. The smallest absolute Gasteiger partial charge is 0.139 e. The van der Waals surface area contributed by atoms with Crippen LogP contribution in [0.25, 0.3) is 98.8 Å². The van der Waals surface area contributed by atoms with Gasteiger partial charge in [0.2, 0.25) is 0 Å². The first-order valence-corrected chi connectivity index (χ1v) is 14.5. The zero-order chi connectivity index (χ0) is 43.2. The van der Waals surface area contributed by atoms with Crippen LogP contribution in [-0.4, -0.2) is 0 Å². The first-order valence-electron chi connectivity index (χ1n) is 22.0. The third-order valence-corrected chi connectivity index (χ3v) is 8.34. The molecule has 0 saturated heterocycles. The Morgan fingerprint density at radius 1 is 0.435 bits per heavy atom. The van der Waals surface area contributed by atoms with Crippen molar-refractivity contribution in [3.05, 3.63) is 157 Å². The topological polar surface area (TPSA) is 26.3 Å². The van der Waals surface area contributed by atoms with Crippen molar-refractivity contribution in [2.75, 3.05) is 0 Å². The summed E-state index contributed by atoms with van der Waals surface area (Å²) in [7, 11) is 0. The lowest BCUT2D eigenvalue weighted by Crippen LogP contribution is -1.91. The van der Waals surface area contributed by atoms with Crippen LogP contribution in [0, 0.1) is 0 Å². The summed E-state index contributed by atoms with van der Waals surface area (Å²) in [5, 5.41) is -0.199. The molecule has 0 saturated carbocycles. The Bertz CT molecular complexity index is 3570. The molecule has 2 heterocycles. The van der Waals surface area contributed by atoms with Gasteiger partial charge in [-0.1, -0.05) is 127 Å². The van der Waals surface area contributed by atoms with E-state index in [1.165, 1.54) is 0 Å². The summed E-state index contributed by atoms with van der Waals surface area (Å²) >= 11 is 0. The number of hydrogen-bond donors (Lipinski definition) is 0. The standard InChI is InChI=1S/C44H26O2/c1-2-12-28(13-3-1)39-25-31-24-37-41(26-40(31)46-39)45-38-20-10-19-36(44(37)38)43-34-17-8-6-15-32(34)42(33-16-7-9-18-35(33)43)30-22-21-27-11-4-5-14-29(27)23-30/h1-26H/i4D,5D,6D,7D,8D,9D,11D,14D,15D,16D,17D,18D,21D,22D,23D. The Morgan fingerprint density at radius 2 is 1.13 bits per heavy atom. The van der Waals surface area contributed by atoms with Crippen LogP contribution in [-0.2, 0) is 0 Å². The van der Waals surface area contributed by atoms with Crippen molar-refractivity contribution in [1.29, 1.82) is 0 Å². The minimum atomic E-state index is -0.750. The molecule has 0 radical (unpaired) electrons. The van der Waals surface area contributed by atoms with Gasteiger partial charge in [-0.2, -0.15) is 0 Å². The number of benzene rings is 8. The lowest BCUT2D eigenvalue weighted by Gasteiger charge is -2.18. The van der Waals surface area contributed by atoms with E-state index in [0.29, 0.717) is 38.7 Å². The highest BCUT2D eigenvalue weighted by Gasteiger charge is 2.21. The number of fused-ring (bicyclic) bond motifs is 7. The van der Waals surface area contributed by atoms with Gasteiger partial charge < -0.3 is 8.83 Å². The highest BCUT2D eigenvalue weighted by atomic mass is 16.3. The molecule has 8 aromatic carbocycles. The van der Waals surface area contributed by atoms with Gasteiger partial charge in [0.1, 0.15) is 22.5 Å². The quantitative estimate of drug-likeness (QED) is 0.188. The molecule has 0 atom stereocenters. The Morgan fingerprint density at radius 3 is 1.89 bits per heavy atom. The van der Waals surface area contributed by atoms with Crippen LogP contribution in [0.4, 0.5) is 0 Å². The molecule has 0 bridgehead atoms. The first kappa shape index (κ1) is 14.8. The fraction of sp³-hybridized carbons (Fsp3) is 0. The van der Waals surface area contributed by atoms with E-state index in [9.17, 15) is 8.22 Å².